The molecule has 1 aliphatic rings. The monoisotopic (exact) mass is 287 g/mol. The number of nitrogens with zero attached hydrogens (tertiary/aromatic N) is 2. The van der Waals surface area contributed by atoms with Gasteiger partial charge in [-0.05, 0) is 37.6 Å². The largest absolute Gasteiger partial charge is 0.379 e. The lowest BCUT2D eigenvalue weighted by Crippen LogP contribution is -2.31. The summed E-state index contributed by atoms with van der Waals surface area (Å²) in [6, 6.07) is 8.14. The summed E-state index contributed by atoms with van der Waals surface area (Å²) in [5.41, 5.74) is 1.01. The number of carbonyl (C=O) groups excluding carboxylic acids is 1. The molecule has 1 amide bonds. The molecule has 2 aromatic rings. The van der Waals surface area contributed by atoms with Crippen molar-refractivity contribution in [1.82, 2.24) is 9.88 Å². The van der Waals surface area contributed by atoms with Gasteiger partial charge in [-0.3, -0.25) is 9.78 Å². The minimum absolute atomic E-state index is 0.151. The Labute approximate surface area is 122 Å². The van der Waals surface area contributed by atoms with Crippen molar-refractivity contribution in [2.75, 3.05) is 18.4 Å². The molecular formula is C15H17N3OS. The van der Waals surface area contributed by atoms with E-state index in [1.165, 1.54) is 4.88 Å². The van der Waals surface area contributed by atoms with Gasteiger partial charge in [-0.15, -0.1) is 11.3 Å². The van der Waals surface area contributed by atoms with Crippen molar-refractivity contribution in [3.05, 3.63) is 46.4 Å². The van der Waals surface area contributed by atoms with Crippen LogP contribution in [0.15, 0.2) is 36.7 Å². The molecule has 1 N–H and O–H groups in total. The number of nitrogens with one attached hydrogen (secondary N) is 1. The molecule has 0 aromatic carbocycles. The van der Waals surface area contributed by atoms with Gasteiger partial charge in [-0.2, -0.15) is 0 Å². The second-order valence-corrected chi connectivity index (χ2v) is 6.32. The summed E-state index contributed by atoms with van der Waals surface area (Å²) in [5.74, 6) is 0.151. The number of anilines is 1. The van der Waals surface area contributed by atoms with Gasteiger partial charge in [-0.1, -0.05) is 0 Å². The Kier molecular flexibility index (Phi) is 3.69. The van der Waals surface area contributed by atoms with E-state index < -0.39 is 0 Å². The molecule has 0 saturated carbocycles. The highest BCUT2D eigenvalue weighted by Gasteiger charge is 2.27. The molecule has 0 radical (unpaired) electrons. The first-order chi connectivity index (χ1) is 9.72. The van der Waals surface area contributed by atoms with Gasteiger partial charge < -0.3 is 10.2 Å². The van der Waals surface area contributed by atoms with Crippen LogP contribution in [0.3, 0.4) is 0 Å². The number of carbonyl (C=O) groups is 1. The molecule has 0 bridgehead atoms. The van der Waals surface area contributed by atoms with Gasteiger partial charge in [-0.25, -0.2) is 0 Å². The zero-order valence-electron chi connectivity index (χ0n) is 11.4. The van der Waals surface area contributed by atoms with Crippen molar-refractivity contribution in [3.8, 4) is 0 Å². The lowest BCUT2D eigenvalue weighted by atomic mass is 10.2. The molecular weight excluding hydrogens is 270 g/mol. The predicted molar refractivity (Wildman–Crippen MR) is 81.2 cm³/mol. The predicted octanol–water partition coefficient (Wildman–Crippen LogP) is 2.78. The second-order valence-electron chi connectivity index (χ2n) is 5.03. The first-order valence-corrected chi connectivity index (χ1v) is 7.56. The zero-order chi connectivity index (χ0) is 13.9. The van der Waals surface area contributed by atoms with Crippen molar-refractivity contribution < 1.29 is 4.79 Å². The lowest BCUT2D eigenvalue weighted by Gasteiger charge is -2.16. The molecule has 4 nitrogen and oxygen atoms in total. The number of aromatic nitrogens is 1. The second kappa shape index (κ2) is 5.63. The van der Waals surface area contributed by atoms with E-state index in [0.29, 0.717) is 6.04 Å². The van der Waals surface area contributed by atoms with E-state index >= 15 is 0 Å². The fourth-order valence-electron chi connectivity index (χ4n) is 2.45. The molecule has 5 heteroatoms. The smallest absolute Gasteiger partial charge is 0.263 e. The summed E-state index contributed by atoms with van der Waals surface area (Å²) in [6.07, 6.45) is 4.55. The van der Waals surface area contributed by atoms with Crippen LogP contribution in [0, 0.1) is 6.92 Å². The summed E-state index contributed by atoms with van der Waals surface area (Å²) in [4.78, 5) is 20.4. The summed E-state index contributed by atoms with van der Waals surface area (Å²) in [6.45, 7) is 3.59. The number of hydrogen-bond acceptors (Lipinski definition) is 4. The highest BCUT2D eigenvalue weighted by molar-refractivity contribution is 7.13. The van der Waals surface area contributed by atoms with Crippen molar-refractivity contribution in [3.63, 3.8) is 0 Å². The van der Waals surface area contributed by atoms with Gasteiger partial charge in [0.15, 0.2) is 0 Å². The van der Waals surface area contributed by atoms with Crippen molar-refractivity contribution >= 4 is 22.9 Å². The molecule has 2 aromatic heterocycles. The maximum absolute atomic E-state index is 12.4. The zero-order valence-corrected chi connectivity index (χ0v) is 12.2. The average molecular weight is 287 g/mol. The number of amides is 1. The van der Waals surface area contributed by atoms with Crippen molar-refractivity contribution in [2.24, 2.45) is 0 Å². The molecule has 1 atom stereocenters. The summed E-state index contributed by atoms with van der Waals surface area (Å²) >= 11 is 1.57. The van der Waals surface area contributed by atoms with Crippen molar-refractivity contribution in [1.29, 1.82) is 0 Å². The molecule has 20 heavy (non-hydrogen) atoms. The summed E-state index contributed by atoms with van der Waals surface area (Å²) in [5, 5.41) is 3.43. The van der Waals surface area contributed by atoms with E-state index in [9.17, 15) is 4.79 Å². The summed E-state index contributed by atoms with van der Waals surface area (Å²) < 4.78 is 0. The van der Waals surface area contributed by atoms with E-state index in [1.54, 1.807) is 17.5 Å². The van der Waals surface area contributed by atoms with Crippen LogP contribution < -0.4 is 5.32 Å². The Bertz CT molecular complexity index is 596. The Balaban J connectivity index is 1.61. The topological polar surface area (TPSA) is 45.2 Å². The number of aryl methyl sites for hydroxylation is 1. The molecule has 1 fully saturated rings. The SMILES string of the molecule is Cc1ccc(C(=O)N2CCC(Nc3cccnc3)C2)s1. The maximum Gasteiger partial charge on any atom is 0.263 e. The van der Waals surface area contributed by atoms with Gasteiger partial charge in [0.1, 0.15) is 0 Å². The lowest BCUT2D eigenvalue weighted by molar-refractivity contribution is 0.0796. The number of hydrogen-bond donors (Lipinski definition) is 1. The van der Waals surface area contributed by atoms with Crippen LogP contribution in [0.25, 0.3) is 0 Å². The Morgan fingerprint density at radius 2 is 2.35 bits per heavy atom. The van der Waals surface area contributed by atoms with E-state index in [2.05, 4.69) is 10.3 Å². The number of pyridine rings is 1. The van der Waals surface area contributed by atoms with Crippen LogP contribution in [0.2, 0.25) is 0 Å². The van der Waals surface area contributed by atoms with Crippen LogP contribution in [-0.4, -0.2) is 34.9 Å². The third-order valence-corrected chi connectivity index (χ3v) is 4.45. The van der Waals surface area contributed by atoms with E-state index in [0.717, 1.165) is 30.1 Å². The Hall–Kier alpha value is -1.88. The fourth-order valence-corrected chi connectivity index (χ4v) is 3.29. The van der Waals surface area contributed by atoms with Crippen LogP contribution in [0.1, 0.15) is 21.0 Å². The van der Waals surface area contributed by atoms with Crippen LogP contribution in [0.5, 0.6) is 0 Å². The fraction of sp³-hybridized carbons (Fsp3) is 0.333. The quantitative estimate of drug-likeness (QED) is 0.944. The van der Waals surface area contributed by atoms with E-state index in [-0.39, 0.29) is 5.91 Å². The van der Waals surface area contributed by atoms with Gasteiger partial charge in [0.05, 0.1) is 10.6 Å². The minimum atomic E-state index is 0.151. The van der Waals surface area contributed by atoms with Crippen LogP contribution in [-0.2, 0) is 0 Å². The Morgan fingerprint density at radius 1 is 1.45 bits per heavy atom. The normalized spacial score (nSPS) is 18.2. The van der Waals surface area contributed by atoms with Crippen molar-refractivity contribution in [2.45, 2.75) is 19.4 Å². The highest BCUT2D eigenvalue weighted by Crippen LogP contribution is 2.21. The average Bonchev–Trinajstić information content (AvgIpc) is 3.08. The van der Waals surface area contributed by atoms with Gasteiger partial charge >= 0.3 is 0 Å². The van der Waals surface area contributed by atoms with Gasteiger partial charge in [0.2, 0.25) is 0 Å². The molecule has 0 aliphatic carbocycles. The Morgan fingerprint density at radius 3 is 3.05 bits per heavy atom. The highest BCUT2D eigenvalue weighted by atomic mass is 32.1. The number of likely N-dealkylation sites (tertiary alicyclic amines) is 1. The van der Waals surface area contributed by atoms with E-state index in [4.69, 9.17) is 0 Å². The van der Waals surface area contributed by atoms with Crippen LogP contribution in [0.4, 0.5) is 5.69 Å². The maximum atomic E-state index is 12.4. The van der Waals surface area contributed by atoms with Gasteiger partial charge in [0.25, 0.3) is 5.91 Å². The molecule has 1 aliphatic heterocycles. The van der Waals surface area contributed by atoms with E-state index in [1.807, 2.05) is 42.3 Å². The minimum Gasteiger partial charge on any atom is -0.379 e. The number of thiophene rings is 1. The molecule has 0 spiro atoms. The third kappa shape index (κ3) is 2.82. The standard InChI is InChI=1S/C15H17N3OS/c1-11-4-5-14(20-11)15(19)18-8-6-13(10-18)17-12-3-2-7-16-9-12/h2-5,7,9,13,17H,6,8,10H2,1H3. The van der Waals surface area contributed by atoms with Crippen LogP contribution >= 0.6 is 11.3 Å². The molecule has 3 rings (SSSR count). The molecule has 1 unspecified atom stereocenters. The first kappa shape index (κ1) is 13.1. The van der Waals surface area contributed by atoms with Gasteiger partial charge in [0, 0.05) is 36.4 Å². The third-order valence-electron chi connectivity index (χ3n) is 3.46. The number of rotatable bonds is 3. The molecule has 1 saturated heterocycles. The molecule has 3 heterocycles. The summed E-state index contributed by atoms with van der Waals surface area (Å²) in [7, 11) is 0. The first-order valence-electron chi connectivity index (χ1n) is 6.74. The molecule has 104 valence electrons.